The van der Waals surface area contributed by atoms with Gasteiger partial charge in [0.1, 0.15) is 17.3 Å². The highest BCUT2D eigenvalue weighted by Crippen LogP contribution is 2.36. The maximum atomic E-state index is 13.4. The number of hydrogen-bond donors (Lipinski definition) is 2. The van der Waals surface area contributed by atoms with Crippen molar-refractivity contribution in [3.63, 3.8) is 0 Å². The molecule has 0 saturated heterocycles. The molecule has 0 aromatic heterocycles. The number of alkyl halides is 3. The second-order valence-corrected chi connectivity index (χ2v) is 9.59. The number of ether oxygens (including phenoxy) is 2. The van der Waals surface area contributed by atoms with Crippen LogP contribution in [0.2, 0.25) is 10.0 Å². The summed E-state index contributed by atoms with van der Waals surface area (Å²) in [5, 5.41) is 5.31. The van der Waals surface area contributed by atoms with Gasteiger partial charge in [-0.25, -0.2) is 4.39 Å². The van der Waals surface area contributed by atoms with Crippen LogP contribution < -0.4 is 25.0 Å². The number of rotatable bonds is 11. The van der Waals surface area contributed by atoms with Crippen molar-refractivity contribution in [2.75, 3.05) is 24.6 Å². The largest absolute Gasteiger partial charge is 0.484 e. The summed E-state index contributed by atoms with van der Waals surface area (Å²) in [6, 6.07) is 8.13. The van der Waals surface area contributed by atoms with E-state index in [1.54, 1.807) is 0 Å². The van der Waals surface area contributed by atoms with Crippen LogP contribution in [0.1, 0.15) is 25.7 Å². The molecule has 0 saturated carbocycles. The Bertz CT molecular complexity index is 1280. The maximum absolute atomic E-state index is 13.4. The van der Waals surface area contributed by atoms with Crippen molar-refractivity contribution in [2.24, 2.45) is 0 Å². The number of anilines is 1. The van der Waals surface area contributed by atoms with Crippen molar-refractivity contribution in [3.8, 4) is 11.5 Å². The molecule has 8 nitrogen and oxygen atoms in total. The van der Waals surface area contributed by atoms with Gasteiger partial charge >= 0.3 is 6.18 Å². The molecule has 3 amide bonds. The predicted molar refractivity (Wildman–Crippen MR) is 140 cm³/mol. The van der Waals surface area contributed by atoms with Gasteiger partial charge < -0.3 is 25.0 Å². The molecule has 40 heavy (non-hydrogen) atoms. The zero-order valence-corrected chi connectivity index (χ0v) is 22.5. The van der Waals surface area contributed by atoms with Crippen LogP contribution in [0.5, 0.6) is 11.5 Å². The van der Waals surface area contributed by atoms with Gasteiger partial charge in [-0.2, -0.15) is 13.2 Å². The number of carbonyl (C=O) groups excluding carboxylic acids is 3. The summed E-state index contributed by atoms with van der Waals surface area (Å²) in [6.45, 7) is 3.20. The molecular weight excluding hydrogens is 581 g/mol. The number of halogens is 6. The Hall–Kier alpha value is -3.51. The second-order valence-electron chi connectivity index (χ2n) is 8.75. The molecular formula is C26H25Cl2F4N3O5. The SMILES string of the molecule is C=C(CCNC(=O)COc1ccc(Cl)c(F)c1)NC(=O)C1CN(C(=O)CCCC(F)(F)F)c2cc(Cl)ccc2O1. The Morgan fingerprint density at radius 2 is 1.88 bits per heavy atom. The van der Waals surface area contributed by atoms with Crippen LogP contribution in [0.4, 0.5) is 23.2 Å². The fourth-order valence-corrected chi connectivity index (χ4v) is 3.92. The van der Waals surface area contributed by atoms with Gasteiger partial charge in [-0.3, -0.25) is 14.4 Å². The summed E-state index contributed by atoms with van der Waals surface area (Å²) in [5.41, 5.74) is 0.484. The summed E-state index contributed by atoms with van der Waals surface area (Å²) < 4.78 is 61.9. The predicted octanol–water partition coefficient (Wildman–Crippen LogP) is 5.17. The molecule has 1 aliphatic rings. The van der Waals surface area contributed by atoms with Crippen LogP contribution in [0.3, 0.4) is 0 Å². The van der Waals surface area contributed by atoms with E-state index < -0.39 is 48.7 Å². The summed E-state index contributed by atoms with van der Waals surface area (Å²) in [5.74, 6) is -2.15. The molecule has 3 rings (SSSR count). The average Bonchev–Trinajstić information content (AvgIpc) is 2.87. The molecule has 1 unspecified atom stereocenters. The van der Waals surface area contributed by atoms with Gasteiger partial charge in [0.25, 0.3) is 11.8 Å². The fraction of sp³-hybridized carbons (Fsp3) is 0.346. The zero-order chi connectivity index (χ0) is 29.4. The van der Waals surface area contributed by atoms with E-state index in [4.69, 9.17) is 32.7 Å². The molecule has 1 atom stereocenters. The Labute approximate surface area is 237 Å². The molecule has 2 aromatic rings. The topological polar surface area (TPSA) is 97.0 Å². The Kier molecular flexibility index (Phi) is 10.6. The average molecular weight is 606 g/mol. The Balaban J connectivity index is 1.49. The van der Waals surface area contributed by atoms with Gasteiger partial charge in [-0.15, -0.1) is 0 Å². The molecule has 0 fully saturated rings. The van der Waals surface area contributed by atoms with Gasteiger partial charge in [0.2, 0.25) is 5.91 Å². The second kappa shape index (κ2) is 13.7. The van der Waals surface area contributed by atoms with E-state index in [2.05, 4.69) is 17.2 Å². The van der Waals surface area contributed by atoms with E-state index in [1.165, 1.54) is 35.2 Å². The molecule has 2 aromatic carbocycles. The molecule has 216 valence electrons. The number of amides is 3. The van der Waals surface area contributed by atoms with Crippen LogP contribution in [0.15, 0.2) is 48.7 Å². The molecule has 0 bridgehead atoms. The minimum atomic E-state index is -4.39. The van der Waals surface area contributed by atoms with Gasteiger partial charge in [-0.1, -0.05) is 29.8 Å². The van der Waals surface area contributed by atoms with Crippen molar-refractivity contribution in [3.05, 3.63) is 64.5 Å². The fourth-order valence-electron chi connectivity index (χ4n) is 3.64. The van der Waals surface area contributed by atoms with E-state index >= 15 is 0 Å². The third-order valence-electron chi connectivity index (χ3n) is 5.58. The first-order valence-corrected chi connectivity index (χ1v) is 12.7. The highest BCUT2D eigenvalue weighted by molar-refractivity contribution is 6.31. The first-order chi connectivity index (χ1) is 18.8. The molecule has 2 N–H and O–H groups in total. The van der Waals surface area contributed by atoms with Gasteiger partial charge in [0, 0.05) is 42.6 Å². The molecule has 14 heteroatoms. The van der Waals surface area contributed by atoms with Crippen LogP contribution in [0, 0.1) is 5.82 Å². The van der Waals surface area contributed by atoms with E-state index in [0.717, 1.165) is 6.07 Å². The number of fused-ring (bicyclic) bond motifs is 1. The van der Waals surface area contributed by atoms with Crippen molar-refractivity contribution < 1.29 is 41.4 Å². The van der Waals surface area contributed by atoms with E-state index in [9.17, 15) is 31.9 Å². The zero-order valence-electron chi connectivity index (χ0n) is 21.0. The van der Waals surface area contributed by atoms with Gasteiger partial charge in [0.05, 0.1) is 17.3 Å². The normalized spacial score (nSPS) is 14.6. The lowest BCUT2D eigenvalue weighted by molar-refractivity contribution is -0.137. The summed E-state index contributed by atoms with van der Waals surface area (Å²) in [4.78, 5) is 38.8. The smallest absolute Gasteiger partial charge is 0.389 e. The molecule has 0 spiro atoms. The number of nitrogens with zero attached hydrogens (tertiary/aromatic N) is 1. The van der Waals surface area contributed by atoms with Gasteiger partial charge in [0.15, 0.2) is 12.7 Å². The molecule has 1 aliphatic heterocycles. The lowest BCUT2D eigenvalue weighted by atomic mass is 10.1. The lowest BCUT2D eigenvalue weighted by Gasteiger charge is -2.34. The standard InChI is InChI=1S/C26H25Cl2F4N3O5/c1-15(8-10-33-23(36)14-39-17-5-6-18(28)19(29)12-17)34-25(38)22-13-35(24(37)3-2-9-26(30,31)32)20-11-16(27)4-7-21(20)40-22/h4-7,11-12,22H,1-3,8-10,13-14H2,(H,33,36)(H,34,38). The minimum Gasteiger partial charge on any atom is -0.484 e. The highest BCUT2D eigenvalue weighted by atomic mass is 35.5. The maximum Gasteiger partial charge on any atom is 0.389 e. The molecule has 0 radical (unpaired) electrons. The summed E-state index contributed by atoms with van der Waals surface area (Å²) >= 11 is 11.6. The van der Waals surface area contributed by atoms with E-state index in [0.29, 0.717) is 0 Å². The number of nitrogens with one attached hydrogen (secondary N) is 2. The van der Waals surface area contributed by atoms with Crippen molar-refractivity contribution in [1.82, 2.24) is 10.6 Å². The minimum absolute atomic E-state index is 0.0789. The van der Waals surface area contributed by atoms with Crippen molar-refractivity contribution in [2.45, 2.75) is 38.0 Å². The number of carbonyl (C=O) groups is 3. The van der Waals surface area contributed by atoms with Crippen LogP contribution in [-0.2, 0) is 14.4 Å². The summed E-state index contributed by atoms with van der Waals surface area (Å²) in [6.07, 6.45) is -7.33. The lowest BCUT2D eigenvalue weighted by Crippen LogP contribution is -2.50. The van der Waals surface area contributed by atoms with Crippen molar-refractivity contribution in [1.29, 1.82) is 0 Å². The first kappa shape index (κ1) is 31.0. The number of benzene rings is 2. The third-order valence-corrected chi connectivity index (χ3v) is 6.13. The van der Waals surface area contributed by atoms with Crippen molar-refractivity contribution >= 4 is 46.6 Å². The van der Waals surface area contributed by atoms with Crippen LogP contribution in [0.25, 0.3) is 0 Å². The van der Waals surface area contributed by atoms with E-state index in [-0.39, 0.29) is 65.5 Å². The third kappa shape index (κ3) is 9.30. The van der Waals surface area contributed by atoms with E-state index in [1.807, 2.05) is 0 Å². The van der Waals surface area contributed by atoms with Crippen LogP contribution >= 0.6 is 23.2 Å². The quantitative estimate of drug-likeness (QED) is 0.344. The molecule has 1 heterocycles. The highest BCUT2D eigenvalue weighted by Gasteiger charge is 2.35. The Morgan fingerprint density at radius 1 is 1.12 bits per heavy atom. The monoisotopic (exact) mass is 605 g/mol. The molecule has 0 aliphatic carbocycles. The first-order valence-electron chi connectivity index (χ1n) is 12.0. The number of hydrogen-bond acceptors (Lipinski definition) is 5. The summed E-state index contributed by atoms with van der Waals surface area (Å²) in [7, 11) is 0. The van der Waals surface area contributed by atoms with Gasteiger partial charge in [-0.05, 0) is 36.8 Å². The van der Waals surface area contributed by atoms with Crippen LogP contribution in [-0.4, -0.2) is 49.7 Å². The Morgan fingerprint density at radius 3 is 2.58 bits per heavy atom.